The summed E-state index contributed by atoms with van der Waals surface area (Å²) >= 11 is 5.97. The number of alkyl halides is 1. The molecule has 2 amide bonds. The summed E-state index contributed by atoms with van der Waals surface area (Å²) in [5, 5.41) is 2.98. The van der Waals surface area contributed by atoms with E-state index in [1.807, 2.05) is 0 Å². The molecule has 1 aliphatic rings. The van der Waals surface area contributed by atoms with Gasteiger partial charge in [0.15, 0.2) is 18.2 Å². The molecule has 2 aromatic heterocycles. The van der Waals surface area contributed by atoms with Crippen LogP contribution in [0.2, 0.25) is 0 Å². The van der Waals surface area contributed by atoms with Crippen LogP contribution < -0.4 is 10.2 Å². The third kappa shape index (κ3) is 6.14. The first-order valence-corrected chi connectivity index (χ1v) is 13.9. The molecule has 1 fully saturated rings. The molecule has 1 aromatic carbocycles. The van der Waals surface area contributed by atoms with Crippen molar-refractivity contribution in [1.29, 1.82) is 0 Å². The van der Waals surface area contributed by atoms with E-state index in [-0.39, 0.29) is 23.4 Å². The van der Waals surface area contributed by atoms with E-state index in [0.29, 0.717) is 37.4 Å². The summed E-state index contributed by atoms with van der Waals surface area (Å²) in [7, 11) is -3.29. The summed E-state index contributed by atoms with van der Waals surface area (Å²) in [6, 6.07) is 5.46. The molecular formula is C24H27ClN6O5S. The van der Waals surface area contributed by atoms with Crippen LogP contribution in [0.1, 0.15) is 31.5 Å². The molecule has 0 saturated carbocycles. The van der Waals surface area contributed by atoms with Crippen LogP contribution in [0.5, 0.6) is 0 Å². The van der Waals surface area contributed by atoms with Crippen LogP contribution in [0.15, 0.2) is 59.9 Å². The van der Waals surface area contributed by atoms with Crippen molar-refractivity contribution < 1.29 is 22.4 Å². The van der Waals surface area contributed by atoms with Gasteiger partial charge in [-0.1, -0.05) is 0 Å². The minimum absolute atomic E-state index is 0.0312. The van der Waals surface area contributed by atoms with Crippen LogP contribution in [-0.4, -0.2) is 70.3 Å². The van der Waals surface area contributed by atoms with Gasteiger partial charge < -0.3 is 9.73 Å². The minimum atomic E-state index is -3.29. The molecule has 0 bridgehead atoms. The first kappa shape index (κ1) is 26.7. The Bertz CT molecular complexity index is 1300. The number of benzene rings is 1. The van der Waals surface area contributed by atoms with Crippen LogP contribution >= 0.6 is 11.6 Å². The van der Waals surface area contributed by atoms with Gasteiger partial charge in [0, 0.05) is 42.8 Å². The van der Waals surface area contributed by atoms with Gasteiger partial charge in [0.05, 0.1) is 23.8 Å². The van der Waals surface area contributed by atoms with Crippen molar-refractivity contribution >= 4 is 39.1 Å². The van der Waals surface area contributed by atoms with Gasteiger partial charge in [0.2, 0.25) is 21.8 Å². The molecular weight excluding hydrogens is 520 g/mol. The maximum atomic E-state index is 13.7. The second kappa shape index (κ2) is 11.8. The first-order chi connectivity index (χ1) is 17.8. The summed E-state index contributed by atoms with van der Waals surface area (Å²) in [6.45, 7) is 2.23. The van der Waals surface area contributed by atoms with E-state index in [4.69, 9.17) is 16.0 Å². The lowest BCUT2D eigenvalue weighted by atomic mass is 10.0. The zero-order valence-electron chi connectivity index (χ0n) is 20.2. The van der Waals surface area contributed by atoms with Gasteiger partial charge >= 0.3 is 0 Å². The average molecular weight is 547 g/mol. The number of aromatic nitrogens is 3. The van der Waals surface area contributed by atoms with Crippen molar-refractivity contribution in [2.75, 3.05) is 29.6 Å². The summed E-state index contributed by atoms with van der Waals surface area (Å²) in [6.07, 6.45) is 8.15. The van der Waals surface area contributed by atoms with E-state index in [2.05, 4.69) is 20.3 Å². The largest absolute Gasteiger partial charge is 0.444 e. The number of hydrogen-bond acceptors (Lipinski definition) is 8. The molecule has 4 rings (SSSR count). The summed E-state index contributed by atoms with van der Waals surface area (Å²) in [5.41, 5.74) is 1.45. The predicted octanol–water partition coefficient (Wildman–Crippen LogP) is 2.38. The Hall–Kier alpha value is -3.35. The van der Waals surface area contributed by atoms with Gasteiger partial charge in [0.1, 0.15) is 5.88 Å². The highest BCUT2D eigenvalue weighted by Gasteiger charge is 2.36. The van der Waals surface area contributed by atoms with Gasteiger partial charge in [0.25, 0.3) is 0 Å². The lowest BCUT2D eigenvalue weighted by Gasteiger charge is -2.34. The Balaban J connectivity index is 1.61. The molecule has 37 heavy (non-hydrogen) atoms. The van der Waals surface area contributed by atoms with Gasteiger partial charge in [-0.2, -0.15) is 0 Å². The van der Waals surface area contributed by atoms with E-state index in [0.717, 1.165) is 5.56 Å². The molecule has 1 N–H and O–H groups in total. The number of nitrogens with zero attached hydrogens (tertiary/aromatic N) is 5. The number of piperidine rings is 1. The molecule has 0 spiro atoms. The predicted molar refractivity (Wildman–Crippen MR) is 137 cm³/mol. The third-order valence-corrected chi connectivity index (χ3v) is 8.28. The quantitative estimate of drug-likeness (QED) is 0.404. The van der Waals surface area contributed by atoms with Crippen molar-refractivity contribution in [1.82, 2.24) is 24.6 Å². The van der Waals surface area contributed by atoms with Crippen LogP contribution in [0.4, 0.5) is 5.69 Å². The number of sulfonamides is 1. The van der Waals surface area contributed by atoms with Gasteiger partial charge in [-0.15, -0.1) is 11.6 Å². The topological polar surface area (TPSA) is 139 Å². The van der Waals surface area contributed by atoms with Crippen LogP contribution in [-0.2, 0) is 19.6 Å². The molecule has 1 saturated heterocycles. The number of anilines is 1. The molecule has 1 aliphatic heterocycles. The van der Waals surface area contributed by atoms with Crippen molar-refractivity contribution in [3.05, 3.63) is 61.1 Å². The number of amides is 2. The van der Waals surface area contributed by atoms with Crippen molar-refractivity contribution in [3.63, 3.8) is 0 Å². The monoisotopic (exact) mass is 546 g/mol. The molecule has 1 atom stereocenters. The fourth-order valence-corrected chi connectivity index (χ4v) is 5.48. The molecule has 3 aromatic rings. The van der Waals surface area contributed by atoms with Crippen LogP contribution in [0.3, 0.4) is 0 Å². The Labute approximate surface area is 219 Å². The maximum Gasteiger partial charge on any atom is 0.249 e. The molecule has 3 heterocycles. The van der Waals surface area contributed by atoms with Crippen molar-refractivity contribution in [2.24, 2.45) is 0 Å². The van der Waals surface area contributed by atoms with Gasteiger partial charge in [-0.05, 0) is 44.0 Å². The van der Waals surface area contributed by atoms with E-state index >= 15 is 0 Å². The highest BCUT2D eigenvalue weighted by atomic mass is 35.5. The highest BCUT2D eigenvalue weighted by Crippen LogP contribution is 2.30. The Morgan fingerprint density at radius 3 is 2.46 bits per heavy atom. The zero-order valence-corrected chi connectivity index (χ0v) is 21.7. The number of carbonyl (C=O) groups excluding carboxylic acids is 2. The van der Waals surface area contributed by atoms with E-state index in [1.165, 1.54) is 34.2 Å². The number of hydrogen-bond donors (Lipinski definition) is 1. The molecule has 196 valence electrons. The summed E-state index contributed by atoms with van der Waals surface area (Å²) < 4.78 is 31.1. The Morgan fingerprint density at radius 2 is 1.89 bits per heavy atom. The van der Waals surface area contributed by atoms with Crippen molar-refractivity contribution in [3.8, 4) is 11.3 Å². The average Bonchev–Trinajstić information content (AvgIpc) is 3.47. The second-order valence-electron chi connectivity index (χ2n) is 8.43. The van der Waals surface area contributed by atoms with Gasteiger partial charge in [-0.25, -0.2) is 17.7 Å². The Kier molecular flexibility index (Phi) is 8.52. The van der Waals surface area contributed by atoms with Crippen molar-refractivity contribution in [2.45, 2.75) is 31.8 Å². The van der Waals surface area contributed by atoms with E-state index in [9.17, 15) is 18.0 Å². The molecule has 0 aliphatic carbocycles. The maximum absolute atomic E-state index is 13.7. The highest BCUT2D eigenvalue weighted by molar-refractivity contribution is 7.89. The smallest absolute Gasteiger partial charge is 0.249 e. The number of rotatable bonds is 9. The fourth-order valence-electron chi connectivity index (χ4n) is 4.22. The lowest BCUT2D eigenvalue weighted by molar-refractivity contribution is -0.126. The SMILES string of the molecule is CCS(=O)(=O)N1CCC(NC(=O)[C@H](c2cnccn2)N(C(=O)CCl)c2ccc(-c3cnco3)cc2)CC1. The first-order valence-electron chi connectivity index (χ1n) is 11.7. The normalized spacial score (nSPS) is 15.7. The second-order valence-corrected chi connectivity index (χ2v) is 11.0. The Morgan fingerprint density at radius 1 is 1.16 bits per heavy atom. The van der Waals surface area contributed by atoms with Crippen LogP contribution in [0.25, 0.3) is 11.3 Å². The van der Waals surface area contributed by atoms with Gasteiger partial charge in [-0.3, -0.25) is 24.5 Å². The standard InChI is InChI=1S/C24H27ClN6O5S/c1-2-37(34,35)30-11-7-18(8-12-30)29-24(33)23(20-14-26-9-10-28-20)31(22(32)13-25)19-5-3-17(4-6-19)21-15-27-16-36-21/h3-6,9-10,14-16,18,23H,2,7-8,11-13H2,1H3,(H,29,33)/t23-/m0/s1. The number of halogens is 1. The number of nitrogens with one attached hydrogen (secondary N) is 1. The third-order valence-electron chi connectivity index (χ3n) is 6.17. The fraction of sp³-hybridized carbons (Fsp3) is 0.375. The molecule has 13 heteroatoms. The van der Waals surface area contributed by atoms with E-state index < -0.39 is 27.9 Å². The zero-order chi connectivity index (χ0) is 26.4. The molecule has 0 radical (unpaired) electrons. The summed E-state index contributed by atoms with van der Waals surface area (Å²) in [4.78, 5) is 40.3. The number of oxazole rings is 1. The minimum Gasteiger partial charge on any atom is -0.444 e. The molecule has 0 unspecified atom stereocenters. The van der Waals surface area contributed by atoms with E-state index in [1.54, 1.807) is 37.4 Å². The number of carbonyl (C=O) groups is 2. The molecule has 11 nitrogen and oxygen atoms in total. The van der Waals surface area contributed by atoms with Crippen LogP contribution in [0, 0.1) is 0 Å². The summed E-state index contributed by atoms with van der Waals surface area (Å²) in [5.74, 6) is -0.731. The lowest BCUT2D eigenvalue weighted by Crippen LogP contribution is -2.51.